The number of nitro groups is 1. The topological polar surface area (TPSA) is 87.8 Å². The molecule has 0 saturated carbocycles. The molecule has 3 rings (SSSR count). The highest BCUT2D eigenvalue weighted by atomic mass is 35.5. The average molecular weight is 399 g/mol. The van der Waals surface area contributed by atoms with E-state index in [1.54, 1.807) is 30.5 Å². The lowest BCUT2D eigenvalue weighted by Crippen LogP contribution is -2.20. The average Bonchev–Trinajstić information content (AvgIpc) is 2.82. The summed E-state index contributed by atoms with van der Waals surface area (Å²) in [7, 11) is 0. The number of nitro benzene ring substituents is 1. The van der Waals surface area contributed by atoms with Crippen LogP contribution in [-0.4, -0.2) is 34.5 Å². The van der Waals surface area contributed by atoms with Gasteiger partial charge in [-0.3, -0.25) is 14.9 Å². The predicted molar refractivity (Wildman–Crippen MR) is 110 cm³/mol. The van der Waals surface area contributed by atoms with Gasteiger partial charge in [-0.1, -0.05) is 29.8 Å². The molecule has 1 aliphatic heterocycles. The lowest BCUT2D eigenvalue weighted by Gasteiger charge is -2.16. The molecule has 0 saturated heterocycles. The lowest BCUT2D eigenvalue weighted by molar-refractivity contribution is -0.384. The standard InChI is InChI=1S/C20H19ClN4O3/c1-3-24(4-2)12-18-20(26)23-17-10-9-13(25(27)28)11-15(17)19(22-18)14-7-5-6-8-16(14)21/h5-12H,3-4H2,1-2H3,(H,23,26). The first-order chi connectivity index (χ1) is 13.4. The van der Waals surface area contributed by atoms with Gasteiger partial charge in [-0.2, -0.15) is 0 Å². The Bertz CT molecular complexity index is 997. The zero-order chi connectivity index (χ0) is 20.3. The number of halogens is 1. The van der Waals surface area contributed by atoms with Crippen LogP contribution in [0.4, 0.5) is 11.4 Å². The number of anilines is 1. The molecule has 1 aliphatic rings. The van der Waals surface area contributed by atoms with Gasteiger partial charge in [0.1, 0.15) is 5.70 Å². The molecule has 0 spiro atoms. The van der Waals surface area contributed by atoms with Gasteiger partial charge in [0.05, 0.1) is 16.3 Å². The number of aliphatic imine (C=N–C) groups is 1. The molecule has 2 aromatic rings. The number of benzene rings is 2. The number of fused-ring (bicyclic) bond motifs is 1. The molecule has 1 heterocycles. The summed E-state index contributed by atoms with van der Waals surface area (Å²) >= 11 is 6.37. The SMILES string of the molecule is CCN(C=C1N=C(c2ccccc2Cl)c2cc([N+](=O)[O-])ccc2NC1=O)CC. The highest BCUT2D eigenvalue weighted by Gasteiger charge is 2.25. The molecule has 0 aromatic heterocycles. The minimum absolute atomic E-state index is 0.0936. The van der Waals surface area contributed by atoms with E-state index in [0.29, 0.717) is 40.6 Å². The Morgan fingerprint density at radius 3 is 2.54 bits per heavy atom. The summed E-state index contributed by atoms with van der Waals surface area (Å²) in [6, 6.07) is 11.3. The van der Waals surface area contributed by atoms with Crippen LogP contribution in [0.3, 0.4) is 0 Å². The number of carbonyl (C=O) groups excluding carboxylic acids is 1. The van der Waals surface area contributed by atoms with Crippen molar-refractivity contribution < 1.29 is 9.72 Å². The first-order valence-corrected chi connectivity index (χ1v) is 9.22. The third-order valence-corrected chi connectivity index (χ3v) is 4.76. The normalized spacial score (nSPS) is 14.8. The van der Waals surface area contributed by atoms with Gasteiger partial charge in [-0.25, -0.2) is 4.99 Å². The number of benzodiazepines with no additional fused rings is 1. The van der Waals surface area contributed by atoms with Crippen molar-refractivity contribution in [2.24, 2.45) is 4.99 Å². The zero-order valence-electron chi connectivity index (χ0n) is 15.5. The molecule has 2 aromatic carbocycles. The quantitative estimate of drug-likeness (QED) is 0.464. The van der Waals surface area contributed by atoms with Gasteiger partial charge >= 0.3 is 0 Å². The molecule has 0 unspecified atom stereocenters. The molecule has 144 valence electrons. The van der Waals surface area contributed by atoms with Crippen LogP contribution in [0.2, 0.25) is 5.02 Å². The number of nitrogens with zero attached hydrogens (tertiary/aromatic N) is 3. The number of non-ortho nitro benzene ring substituents is 1. The predicted octanol–water partition coefficient (Wildman–Crippen LogP) is 4.22. The van der Waals surface area contributed by atoms with Crippen molar-refractivity contribution in [2.75, 3.05) is 18.4 Å². The molecule has 0 atom stereocenters. The van der Waals surface area contributed by atoms with Crippen LogP contribution < -0.4 is 5.32 Å². The summed E-state index contributed by atoms with van der Waals surface area (Å²) < 4.78 is 0. The molecule has 8 heteroatoms. The maximum absolute atomic E-state index is 12.7. The molecular weight excluding hydrogens is 380 g/mol. The number of carbonyl (C=O) groups is 1. The Kier molecular flexibility index (Phi) is 5.75. The van der Waals surface area contributed by atoms with E-state index >= 15 is 0 Å². The molecule has 28 heavy (non-hydrogen) atoms. The molecule has 0 fully saturated rings. The van der Waals surface area contributed by atoms with E-state index < -0.39 is 4.92 Å². The van der Waals surface area contributed by atoms with E-state index in [1.165, 1.54) is 18.2 Å². The molecular formula is C20H19ClN4O3. The zero-order valence-corrected chi connectivity index (χ0v) is 16.2. The summed E-state index contributed by atoms with van der Waals surface area (Å²) in [5.41, 5.74) is 1.99. The highest BCUT2D eigenvalue weighted by Crippen LogP contribution is 2.31. The van der Waals surface area contributed by atoms with Gasteiger partial charge in [0.25, 0.3) is 11.6 Å². The van der Waals surface area contributed by atoms with Crippen molar-refractivity contribution in [1.29, 1.82) is 0 Å². The molecule has 1 N–H and O–H groups in total. The summed E-state index contributed by atoms with van der Waals surface area (Å²) in [5.74, 6) is -0.385. The molecule has 0 radical (unpaired) electrons. The van der Waals surface area contributed by atoms with Crippen molar-refractivity contribution in [1.82, 2.24) is 4.90 Å². The van der Waals surface area contributed by atoms with E-state index in [-0.39, 0.29) is 17.3 Å². The van der Waals surface area contributed by atoms with Crippen molar-refractivity contribution >= 4 is 34.6 Å². The molecule has 7 nitrogen and oxygen atoms in total. The summed E-state index contributed by atoms with van der Waals surface area (Å²) in [6.07, 6.45) is 1.69. The minimum Gasteiger partial charge on any atom is -0.376 e. The van der Waals surface area contributed by atoms with Gasteiger partial charge in [-0.15, -0.1) is 0 Å². The van der Waals surface area contributed by atoms with E-state index in [9.17, 15) is 14.9 Å². The number of hydrogen-bond donors (Lipinski definition) is 1. The fraction of sp³-hybridized carbons (Fsp3) is 0.200. The van der Waals surface area contributed by atoms with Crippen LogP contribution in [0, 0.1) is 10.1 Å². The monoisotopic (exact) mass is 398 g/mol. The Hall–Kier alpha value is -3.19. The van der Waals surface area contributed by atoms with E-state index in [2.05, 4.69) is 10.3 Å². The molecule has 0 aliphatic carbocycles. The van der Waals surface area contributed by atoms with Gasteiger partial charge in [0.15, 0.2) is 0 Å². The Morgan fingerprint density at radius 1 is 1.18 bits per heavy atom. The van der Waals surface area contributed by atoms with Gasteiger partial charge in [0.2, 0.25) is 0 Å². The smallest absolute Gasteiger partial charge is 0.275 e. The van der Waals surface area contributed by atoms with E-state index in [4.69, 9.17) is 11.6 Å². The van der Waals surface area contributed by atoms with Crippen LogP contribution in [0.5, 0.6) is 0 Å². The van der Waals surface area contributed by atoms with Crippen LogP contribution >= 0.6 is 11.6 Å². The van der Waals surface area contributed by atoms with Crippen LogP contribution in [0.25, 0.3) is 0 Å². The number of hydrogen-bond acceptors (Lipinski definition) is 5. The largest absolute Gasteiger partial charge is 0.376 e. The third-order valence-electron chi connectivity index (χ3n) is 4.43. The fourth-order valence-electron chi connectivity index (χ4n) is 2.89. The number of amides is 1. The molecule has 0 bridgehead atoms. The third kappa shape index (κ3) is 3.89. The fourth-order valence-corrected chi connectivity index (χ4v) is 3.12. The maximum Gasteiger partial charge on any atom is 0.275 e. The van der Waals surface area contributed by atoms with Gasteiger partial charge in [0, 0.05) is 47.6 Å². The maximum atomic E-state index is 12.7. The Morgan fingerprint density at radius 2 is 1.89 bits per heavy atom. The van der Waals surface area contributed by atoms with Gasteiger partial charge in [-0.05, 0) is 26.0 Å². The Balaban J connectivity index is 2.27. The molecule has 1 amide bonds. The first kappa shape index (κ1) is 19.6. The lowest BCUT2D eigenvalue weighted by atomic mass is 10.00. The van der Waals surface area contributed by atoms with Crippen molar-refractivity contribution in [3.63, 3.8) is 0 Å². The summed E-state index contributed by atoms with van der Waals surface area (Å²) in [5, 5.41) is 14.5. The second-order valence-electron chi connectivity index (χ2n) is 6.12. The van der Waals surface area contributed by atoms with Crippen LogP contribution in [0.15, 0.2) is 59.4 Å². The number of nitrogens with one attached hydrogen (secondary N) is 1. The van der Waals surface area contributed by atoms with Crippen molar-refractivity contribution in [3.8, 4) is 0 Å². The van der Waals surface area contributed by atoms with E-state index in [1.807, 2.05) is 18.7 Å². The summed E-state index contributed by atoms with van der Waals surface area (Å²) in [4.78, 5) is 30.1. The Labute approximate surface area is 167 Å². The second kappa shape index (κ2) is 8.22. The van der Waals surface area contributed by atoms with E-state index in [0.717, 1.165) is 0 Å². The summed E-state index contributed by atoms with van der Waals surface area (Å²) in [6.45, 7) is 5.38. The first-order valence-electron chi connectivity index (χ1n) is 8.84. The second-order valence-corrected chi connectivity index (χ2v) is 6.52. The van der Waals surface area contributed by atoms with Crippen molar-refractivity contribution in [3.05, 3.63) is 80.6 Å². The van der Waals surface area contributed by atoms with Crippen LogP contribution in [0.1, 0.15) is 25.0 Å². The van der Waals surface area contributed by atoms with Gasteiger partial charge < -0.3 is 10.2 Å². The van der Waals surface area contributed by atoms with Crippen LogP contribution in [-0.2, 0) is 4.79 Å². The highest BCUT2D eigenvalue weighted by molar-refractivity contribution is 6.36. The van der Waals surface area contributed by atoms with Crippen molar-refractivity contribution in [2.45, 2.75) is 13.8 Å². The number of rotatable bonds is 5. The minimum atomic E-state index is -0.482.